The number of ether oxygens (including phenoxy) is 1. The zero-order valence-corrected chi connectivity index (χ0v) is 16.9. The van der Waals surface area contributed by atoms with E-state index >= 15 is 0 Å². The van der Waals surface area contributed by atoms with Crippen LogP contribution in [0.1, 0.15) is 38.1 Å². The number of hydrogen-bond acceptors (Lipinski definition) is 6. The minimum absolute atomic E-state index is 0.0275. The molecule has 0 saturated carbocycles. The van der Waals surface area contributed by atoms with Crippen LogP contribution in [-0.2, 0) is 4.74 Å². The predicted molar refractivity (Wildman–Crippen MR) is 108 cm³/mol. The Bertz CT molecular complexity index is 1180. The van der Waals surface area contributed by atoms with Gasteiger partial charge in [0.1, 0.15) is 5.58 Å². The Kier molecular flexibility index (Phi) is 4.97. The second-order valence-electron chi connectivity index (χ2n) is 6.55. The number of aliphatic hydroxyl groups is 1. The van der Waals surface area contributed by atoms with Gasteiger partial charge in [-0.3, -0.25) is 9.59 Å². The molecule has 0 aliphatic carbocycles. The predicted octanol–water partition coefficient (Wildman–Crippen LogP) is 2.88. The summed E-state index contributed by atoms with van der Waals surface area (Å²) in [4.78, 5) is 39.3. The van der Waals surface area contributed by atoms with E-state index in [1.807, 2.05) is 0 Å². The van der Waals surface area contributed by atoms with E-state index in [2.05, 4.69) is 15.9 Å². The van der Waals surface area contributed by atoms with E-state index in [1.165, 1.54) is 12.0 Å². The molecule has 0 saturated heterocycles. The van der Waals surface area contributed by atoms with Crippen LogP contribution in [-0.4, -0.2) is 42.1 Å². The molecular weight excluding hydrogens is 442 g/mol. The summed E-state index contributed by atoms with van der Waals surface area (Å²) in [5.41, 5.74) is 1.21. The molecule has 1 atom stereocenters. The lowest BCUT2D eigenvalue weighted by atomic mass is 9.97. The number of fused-ring (bicyclic) bond motifs is 2. The largest absolute Gasteiger partial charge is 0.465 e. The molecule has 0 radical (unpaired) electrons. The van der Waals surface area contributed by atoms with Gasteiger partial charge in [-0.05, 0) is 35.9 Å². The zero-order chi connectivity index (χ0) is 20.7. The highest BCUT2D eigenvalue weighted by atomic mass is 79.9. The van der Waals surface area contributed by atoms with E-state index in [9.17, 15) is 19.5 Å². The summed E-state index contributed by atoms with van der Waals surface area (Å²) >= 11 is 3.35. The monoisotopic (exact) mass is 457 g/mol. The van der Waals surface area contributed by atoms with Gasteiger partial charge >= 0.3 is 5.97 Å². The number of aliphatic hydroxyl groups excluding tert-OH is 1. The van der Waals surface area contributed by atoms with E-state index in [0.717, 1.165) is 0 Å². The quantitative estimate of drug-likeness (QED) is 0.604. The fourth-order valence-electron chi connectivity index (χ4n) is 3.60. The maximum absolute atomic E-state index is 13.3. The van der Waals surface area contributed by atoms with Crippen LogP contribution in [0.3, 0.4) is 0 Å². The van der Waals surface area contributed by atoms with Crippen molar-refractivity contribution in [3.63, 3.8) is 0 Å². The van der Waals surface area contributed by atoms with Gasteiger partial charge in [-0.25, -0.2) is 4.79 Å². The molecule has 0 unspecified atom stereocenters. The Hall–Kier alpha value is -2.97. The molecule has 4 rings (SSSR count). The molecule has 2 heterocycles. The van der Waals surface area contributed by atoms with E-state index < -0.39 is 17.9 Å². The molecule has 0 bridgehead atoms. The van der Waals surface area contributed by atoms with Crippen molar-refractivity contribution in [1.82, 2.24) is 4.90 Å². The SMILES string of the molecule is COC(=O)c1ccc([C@H]2c3c(oc4ccc(Br)cc4c3=O)C(=O)N2CCO)cc1. The van der Waals surface area contributed by atoms with Crippen molar-refractivity contribution in [2.24, 2.45) is 0 Å². The van der Waals surface area contributed by atoms with Gasteiger partial charge in [0.15, 0.2) is 5.43 Å². The average molecular weight is 458 g/mol. The van der Waals surface area contributed by atoms with Gasteiger partial charge in [-0.15, -0.1) is 0 Å². The second-order valence-corrected chi connectivity index (χ2v) is 7.47. The molecule has 2 aromatic carbocycles. The van der Waals surface area contributed by atoms with Crippen LogP contribution in [0.2, 0.25) is 0 Å². The van der Waals surface area contributed by atoms with E-state index in [0.29, 0.717) is 26.6 Å². The maximum atomic E-state index is 13.3. The summed E-state index contributed by atoms with van der Waals surface area (Å²) in [5, 5.41) is 9.82. The molecular formula is C21H16BrNO6. The number of hydrogen-bond donors (Lipinski definition) is 1. The van der Waals surface area contributed by atoms with E-state index in [-0.39, 0.29) is 29.9 Å². The van der Waals surface area contributed by atoms with Crippen LogP contribution >= 0.6 is 15.9 Å². The number of carbonyl (C=O) groups excluding carboxylic acids is 2. The third-order valence-electron chi connectivity index (χ3n) is 4.92. The van der Waals surface area contributed by atoms with Gasteiger partial charge in [-0.2, -0.15) is 0 Å². The Morgan fingerprint density at radius 2 is 1.93 bits per heavy atom. The smallest absolute Gasteiger partial charge is 0.337 e. The number of rotatable bonds is 4. The summed E-state index contributed by atoms with van der Waals surface area (Å²) in [6, 6.07) is 10.7. The van der Waals surface area contributed by atoms with Crippen LogP contribution in [0.25, 0.3) is 11.0 Å². The summed E-state index contributed by atoms with van der Waals surface area (Å²) in [7, 11) is 1.29. The number of amides is 1. The number of carbonyl (C=O) groups is 2. The molecule has 1 aromatic heterocycles. The van der Waals surface area contributed by atoms with Crippen molar-refractivity contribution in [3.05, 3.63) is 79.6 Å². The van der Waals surface area contributed by atoms with Crippen molar-refractivity contribution in [2.75, 3.05) is 20.3 Å². The van der Waals surface area contributed by atoms with Crippen LogP contribution in [0.5, 0.6) is 0 Å². The molecule has 1 N–H and O–H groups in total. The fourth-order valence-corrected chi connectivity index (χ4v) is 3.96. The van der Waals surface area contributed by atoms with Crippen molar-refractivity contribution in [2.45, 2.75) is 6.04 Å². The lowest BCUT2D eigenvalue weighted by molar-refractivity contribution is 0.0599. The highest BCUT2D eigenvalue weighted by Crippen LogP contribution is 2.38. The van der Waals surface area contributed by atoms with Gasteiger partial charge in [0.2, 0.25) is 5.76 Å². The number of halogens is 1. The summed E-state index contributed by atoms with van der Waals surface area (Å²) in [6.07, 6.45) is 0. The number of β-amino-alcohol motifs (C(OH)–C–C–N with tert-alkyl or cyclic N) is 1. The van der Waals surface area contributed by atoms with Gasteiger partial charge in [0, 0.05) is 11.0 Å². The third kappa shape index (κ3) is 3.14. The van der Waals surface area contributed by atoms with Crippen LogP contribution in [0.15, 0.2) is 56.1 Å². The van der Waals surface area contributed by atoms with E-state index in [4.69, 9.17) is 9.15 Å². The summed E-state index contributed by atoms with van der Waals surface area (Å²) < 4.78 is 11.2. The lowest BCUT2D eigenvalue weighted by Crippen LogP contribution is -2.32. The van der Waals surface area contributed by atoms with Gasteiger partial charge in [0.05, 0.1) is 36.3 Å². The first kappa shape index (κ1) is 19.4. The fraction of sp³-hybridized carbons (Fsp3) is 0.190. The van der Waals surface area contributed by atoms with Crippen LogP contribution < -0.4 is 5.43 Å². The third-order valence-corrected chi connectivity index (χ3v) is 5.41. The highest BCUT2D eigenvalue weighted by Gasteiger charge is 2.42. The molecule has 148 valence electrons. The summed E-state index contributed by atoms with van der Waals surface area (Å²) in [5.74, 6) is -0.972. The molecule has 7 nitrogen and oxygen atoms in total. The molecule has 1 aliphatic heterocycles. The number of methoxy groups -OCH3 is 1. The molecule has 0 spiro atoms. The molecule has 8 heteroatoms. The van der Waals surface area contributed by atoms with Crippen LogP contribution in [0, 0.1) is 0 Å². The maximum Gasteiger partial charge on any atom is 0.337 e. The van der Waals surface area contributed by atoms with Gasteiger partial charge in [-0.1, -0.05) is 28.1 Å². The minimum atomic E-state index is -0.726. The van der Waals surface area contributed by atoms with Crippen LogP contribution in [0.4, 0.5) is 0 Å². The van der Waals surface area contributed by atoms with Crippen molar-refractivity contribution >= 4 is 38.8 Å². The normalized spacial score (nSPS) is 15.6. The van der Waals surface area contributed by atoms with Crippen molar-refractivity contribution in [3.8, 4) is 0 Å². The Morgan fingerprint density at radius 3 is 2.59 bits per heavy atom. The first-order chi connectivity index (χ1) is 14.0. The number of nitrogens with zero attached hydrogens (tertiary/aromatic N) is 1. The zero-order valence-electron chi connectivity index (χ0n) is 15.3. The first-order valence-electron chi connectivity index (χ1n) is 8.82. The van der Waals surface area contributed by atoms with Gasteiger partial charge in [0.25, 0.3) is 5.91 Å². The molecule has 1 amide bonds. The molecule has 0 fully saturated rings. The Balaban J connectivity index is 1.92. The standard InChI is InChI=1S/C21H16BrNO6/c1-28-21(27)12-4-2-11(3-5-12)17-16-18(25)14-10-13(22)6-7-15(14)29-19(16)20(26)23(17)8-9-24/h2-7,10,17,24H,8-9H2,1H3/t17-/m0/s1. The number of benzene rings is 2. The topological polar surface area (TPSA) is 97.0 Å². The van der Waals surface area contributed by atoms with Crippen molar-refractivity contribution in [1.29, 1.82) is 0 Å². The lowest BCUT2D eigenvalue weighted by Gasteiger charge is -2.24. The Morgan fingerprint density at radius 1 is 1.21 bits per heavy atom. The molecule has 29 heavy (non-hydrogen) atoms. The second kappa shape index (κ2) is 7.46. The van der Waals surface area contributed by atoms with E-state index in [1.54, 1.807) is 42.5 Å². The van der Waals surface area contributed by atoms with Crippen molar-refractivity contribution < 1.29 is 23.8 Å². The summed E-state index contributed by atoms with van der Waals surface area (Å²) in [6.45, 7) is -0.234. The molecule has 1 aliphatic rings. The minimum Gasteiger partial charge on any atom is -0.465 e. The first-order valence-corrected chi connectivity index (χ1v) is 9.62. The highest BCUT2D eigenvalue weighted by molar-refractivity contribution is 9.10. The Labute approximate surface area is 173 Å². The molecule has 3 aromatic rings. The average Bonchev–Trinajstić information content (AvgIpc) is 3.01. The van der Waals surface area contributed by atoms with Gasteiger partial charge < -0.3 is 19.2 Å². The number of esters is 1.